The van der Waals surface area contributed by atoms with Crippen LogP contribution in [-0.2, 0) is 16.0 Å². The van der Waals surface area contributed by atoms with E-state index in [0.717, 1.165) is 37.8 Å². The third-order valence-corrected chi connectivity index (χ3v) is 4.95. The average Bonchev–Trinajstić information content (AvgIpc) is 2.61. The number of rotatable bonds is 7. The Morgan fingerprint density at radius 1 is 1.16 bits per heavy atom. The molecule has 0 unspecified atom stereocenters. The zero-order chi connectivity index (χ0) is 17.4. The Labute approximate surface area is 156 Å². The Morgan fingerprint density at radius 2 is 1.88 bits per heavy atom. The first-order chi connectivity index (χ1) is 11.6. The van der Waals surface area contributed by atoms with Gasteiger partial charge in [-0.3, -0.25) is 9.59 Å². The van der Waals surface area contributed by atoms with Crippen LogP contribution in [0.3, 0.4) is 0 Å². The highest BCUT2D eigenvalue weighted by Crippen LogP contribution is 2.38. The summed E-state index contributed by atoms with van der Waals surface area (Å²) in [5.74, 6) is -0.290. The minimum atomic E-state index is -0.206. The Kier molecular flexibility index (Phi) is 8.93. The number of anilines is 1. The van der Waals surface area contributed by atoms with Crippen molar-refractivity contribution in [3.05, 3.63) is 29.8 Å². The lowest BCUT2D eigenvalue weighted by atomic mass is 9.71. The van der Waals surface area contributed by atoms with E-state index in [2.05, 4.69) is 17.6 Å². The summed E-state index contributed by atoms with van der Waals surface area (Å²) in [5, 5.41) is 5.55. The van der Waals surface area contributed by atoms with E-state index in [1.807, 2.05) is 24.3 Å². The number of nitrogens with two attached hydrogens (primary N) is 1. The van der Waals surface area contributed by atoms with Crippen molar-refractivity contribution >= 4 is 29.9 Å². The zero-order valence-electron chi connectivity index (χ0n) is 15.0. The van der Waals surface area contributed by atoms with Crippen LogP contribution in [-0.4, -0.2) is 24.9 Å². The van der Waals surface area contributed by atoms with Gasteiger partial charge in [-0.05, 0) is 48.9 Å². The molecule has 4 N–H and O–H groups in total. The molecule has 1 aliphatic carbocycles. The molecule has 0 atom stereocenters. The molecule has 0 heterocycles. The number of carbonyl (C=O) groups excluding carboxylic acids is 2. The highest BCUT2D eigenvalue weighted by molar-refractivity contribution is 5.94. The lowest BCUT2D eigenvalue weighted by molar-refractivity contribution is -0.126. The maximum Gasteiger partial charge on any atom is 0.243 e. The predicted octanol–water partition coefficient (Wildman–Crippen LogP) is 3.02. The van der Waals surface area contributed by atoms with Gasteiger partial charge in [-0.25, -0.2) is 0 Å². The first-order valence-corrected chi connectivity index (χ1v) is 8.92. The second-order valence-corrected chi connectivity index (χ2v) is 6.82. The van der Waals surface area contributed by atoms with Gasteiger partial charge in [0, 0.05) is 12.1 Å². The molecule has 5 nitrogen and oxygen atoms in total. The topological polar surface area (TPSA) is 84.2 Å². The lowest BCUT2D eigenvalue weighted by Crippen LogP contribution is -2.40. The molecule has 2 amide bonds. The predicted molar refractivity (Wildman–Crippen MR) is 104 cm³/mol. The molecule has 1 aromatic rings. The number of benzene rings is 1. The van der Waals surface area contributed by atoms with Gasteiger partial charge in [0.2, 0.25) is 11.8 Å². The van der Waals surface area contributed by atoms with Gasteiger partial charge in [0.25, 0.3) is 0 Å². The summed E-state index contributed by atoms with van der Waals surface area (Å²) in [5.41, 5.74) is 7.77. The fraction of sp³-hybridized carbons (Fsp3) is 0.579. The first kappa shape index (κ1) is 21.5. The molecular weight excluding hydrogens is 338 g/mol. The minimum Gasteiger partial charge on any atom is -0.347 e. The van der Waals surface area contributed by atoms with E-state index in [-0.39, 0.29) is 36.2 Å². The molecule has 0 aromatic heterocycles. The highest BCUT2D eigenvalue weighted by Gasteiger charge is 2.32. The fourth-order valence-corrected chi connectivity index (χ4v) is 3.41. The van der Waals surface area contributed by atoms with E-state index < -0.39 is 0 Å². The van der Waals surface area contributed by atoms with Gasteiger partial charge in [-0.2, -0.15) is 0 Å². The molecule has 1 aliphatic rings. The van der Waals surface area contributed by atoms with Crippen LogP contribution < -0.4 is 16.4 Å². The van der Waals surface area contributed by atoms with E-state index in [1.165, 1.54) is 12.0 Å². The van der Waals surface area contributed by atoms with Crippen molar-refractivity contribution in [2.24, 2.45) is 11.1 Å². The highest BCUT2D eigenvalue weighted by atomic mass is 35.5. The zero-order valence-corrected chi connectivity index (χ0v) is 15.8. The third kappa shape index (κ3) is 6.67. The van der Waals surface area contributed by atoms with E-state index in [1.54, 1.807) is 0 Å². The Balaban J connectivity index is 0.00000312. The first-order valence-electron chi connectivity index (χ1n) is 8.92. The molecule has 140 valence electrons. The number of halogens is 1. The smallest absolute Gasteiger partial charge is 0.243 e. The molecule has 6 heteroatoms. The van der Waals surface area contributed by atoms with E-state index in [0.29, 0.717) is 13.0 Å². The standard InChI is InChI=1S/C19H29N3O2.ClH/c1-2-15-7-6-8-16(11-15)22-18(24)13-21-17(23)12-19(14-20)9-4-3-5-10-19;/h6-8,11H,2-5,9-10,12-14,20H2,1H3,(H,21,23)(H,22,24);1H. The quantitative estimate of drug-likeness (QED) is 0.692. The molecule has 1 saturated carbocycles. The van der Waals surface area contributed by atoms with Crippen LogP contribution in [0, 0.1) is 5.41 Å². The maximum atomic E-state index is 12.2. The summed E-state index contributed by atoms with van der Waals surface area (Å²) in [6.07, 6.45) is 6.85. The van der Waals surface area contributed by atoms with Crippen molar-refractivity contribution in [3.63, 3.8) is 0 Å². The van der Waals surface area contributed by atoms with Gasteiger partial charge in [0.15, 0.2) is 0 Å². The molecule has 2 rings (SSSR count). The number of hydrogen-bond acceptors (Lipinski definition) is 3. The average molecular weight is 368 g/mol. The summed E-state index contributed by atoms with van der Waals surface area (Å²) in [6.45, 7) is 2.60. The second kappa shape index (κ2) is 10.4. The number of carbonyl (C=O) groups is 2. The number of aryl methyl sites for hydroxylation is 1. The van der Waals surface area contributed by atoms with E-state index >= 15 is 0 Å². The SMILES string of the molecule is CCc1cccc(NC(=O)CNC(=O)CC2(CN)CCCCC2)c1.Cl. The molecule has 0 bridgehead atoms. The van der Waals surface area contributed by atoms with Crippen LogP contribution in [0.4, 0.5) is 5.69 Å². The Bertz CT molecular complexity index is 572. The molecule has 0 spiro atoms. The monoisotopic (exact) mass is 367 g/mol. The number of nitrogens with one attached hydrogen (secondary N) is 2. The second-order valence-electron chi connectivity index (χ2n) is 6.82. The minimum absolute atomic E-state index is 0. The summed E-state index contributed by atoms with van der Waals surface area (Å²) in [6, 6.07) is 7.74. The van der Waals surface area contributed by atoms with Crippen LogP contribution in [0.5, 0.6) is 0 Å². The van der Waals surface area contributed by atoms with Crippen molar-refractivity contribution in [2.75, 3.05) is 18.4 Å². The van der Waals surface area contributed by atoms with Gasteiger partial charge in [-0.1, -0.05) is 38.3 Å². The van der Waals surface area contributed by atoms with Crippen molar-refractivity contribution in [1.82, 2.24) is 5.32 Å². The van der Waals surface area contributed by atoms with Crippen molar-refractivity contribution in [1.29, 1.82) is 0 Å². The molecule has 25 heavy (non-hydrogen) atoms. The summed E-state index contributed by atoms with van der Waals surface area (Å²) in [4.78, 5) is 24.2. The van der Waals surface area contributed by atoms with Crippen molar-refractivity contribution in [3.8, 4) is 0 Å². The number of amides is 2. The van der Waals surface area contributed by atoms with Gasteiger partial charge >= 0.3 is 0 Å². The maximum absolute atomic E-state index is 12.2. The van der Waals surface area contributed by atoms with Gasteiger partial charge in [0.1, 0.15) is 0 Å². The van der Waals surface area contributed by atoms with Gasteiger partial charge in [0.05, 0.1) is 6.54 Å². The summed E-state index contributed by atoms with van der Waals surface area (Å²) >= 11 is 0. The Morgan fingerprint density at radius 3 is 2.52 bits per heavy atom. The fourth-order valence-electron chi connectivity index (χ4n) is 3.41. The summed E-state index contributed by atoms with van der Waals surface area (Å²) in [7, 11) is 0. The lowest BCUT2D eigenvalue weighted by Gasteiger charge is -2.35. The molecule has 1 fully saturated rings. The van der Waals surface area contributed by atoms with Crippen molar-refractivity contribution < 1.29 is 9.59 Å². The molecule has 0 radical (unpaired) electrons. The van der Waals surface area contributed by atoms with E-state index in [9.17, 15) is 9.59 Å². The van der Waals surface area contributed by atoms with Crippen LogP contribution in [0.25, 0.3) is 0 Å². The van der Waals surface area contributed by atoms with Crippen LogP contribution in [0.15, 0.2) is 24.3 Å². The Hall–Kier alpha value is -1.59. The van der Waals surface area contributed by atoms with Crippen LogP contribution >= 0.6 is 12.4 Å². The normalized spacial score (nSPS) is 15.8. The molecular formula is C19H30ClN3O2. The number of hydrogen-bond donors (Lipinski definition) is 3. The molecule has 1 aromatic carbocycles. The largest absolute Gasteiger partial charge is 0.347 e. The molecule has 0 saturated heterocycles. The van der Waals surface area contributed by atoms with Crippen LogP contribution in [0.2, 0.25) is 0 Å². The van der Waals surface area contributed by atoms with Gasteiger partial charge < -0.3 is 16.4 Å². The van der Waals surface area contributed by atoms with Gasteiger partial charge in [-0.15, -0.1) is 12.4 Å². The van der Waals surface area contributed by atoms with Crippen molar-refractivity contribution in [2.45, 2.75) is 51.9 Å². The third-order valence-electron chi connectivity index (χ3n) is 4.95. The summed E-state index contributed by atoms with van der Waals surface area (Å²) < 4.78 is 0. The molecule has 0 aliphatic heterocycles. The van der Waals surface area contributed by atoms with Crippen LogP contribution in [0.1, 0.15) is 51.0 Å². The van der Waals surface area contributed by atoms with E-state index in [4.69, 9.17) is 5.73 Å².